The average molecular weight is 272 g/mol. The second-order valence-electron chi connectivity index (χ2n) is 4.24. The van der Waals surface area contributed by atoms with Crippen molar-refractivity contribution in [3.05, 3.63) is 53.6 Å². The summed E-state index contributed by atoms with van der Waals surface area (Å²) in [7, 11) is 1.46. The van der Waals surface area contributed by atoms with E-state index in [0.717, 1.165) is 5.56 Å². The van der Waals surface area contributed by atoms with E-state index >= 15 is 0 Å². The van der Waals surface area contributed by atoms with Crippen molar-refractivity contribution in [2.24, 2.45) is 5.73 Å². The molecule has 0 fully saturated rings. The summed E-state index contributed by atoms with van der Waals surface area (Å²) in [6.45, 7) is 0.439. The average Bonchev–Trinajstić information content (AvgIpc) is 2.47. The Bertz CT molecular complexity index is 609. The Morgan fingerprint density at radius 2 is 1.95 bits per heavy atom. The van der Waals surface area contributed by atoms with Crippen LogP contribution < -0.4 is 15.8 Å². The minimum atomic E-state index is -0.252. The minimum Gasteiger partial charge on any atom is -0.504 e. The molecule has 0 atom stereocenters. The monoisotopic (exact) mass is 272 g/mol. The molecule has 104 valence electrons. The van der Waals surface area contributed by atoms with E-state index in [2.05, 4.69) is 5.32 Å². The molecule has 0 heterocycles. The van der Waals surface area contributed by atoms with Crippen molar-refractivity contribution in [2.75, 3.05) is 12.4 Å². The largest absolute Gasteiger partial charge is 0.504 e. The van der Waals surface area contributed by atoms with Crippen molar-refractivity contribution >= 4 is 11.6 Å². The van der Waals surface area contributed by atoms with Crippen LogP contribution in [0.2, 0.25) is 0 Å². The first-order chi connectivity index (χ1) is 9.63. The molecular formula is C15H16N2O3. The summed E-state index contributed by atoms with van der Waals surface area (Å²) in [6, 6.07) is 11.7. The Morgan fingerprint density at radius 3 is 2.50 bits per heavy atom. The van der Waals surface area contributed by atoms with Crippen LogP contribution in [0.4, 0.5) is 5.69 Å². The zero-order valence-corrected chi connectivity index (χ0v) is 11.1. The molecular weight excluding hydrogens is 256 g/mol. The number of phenols is 1. The predicted molar refractivity (Wildman–Crippen MR) is 76.9 cm³/mol. The van der Waals surface area contributed by atoms with E-state index in [1.807, 2.05) is 0 Å². The molecule has 2 rings (SSSR count). The third-order valence-electron chi connectivity index (χ3n) is 2.89. The molecule has 0 aliphatic carbocycles. The maximum absolute atomic E-state index is 12.0. The number of rotatable bonds is 4. The topological polar surface area (TPSA) is 84.6 Å². The van der Waals surface area contributed by atoms with Gasteiger partial charge in [-0.1, -0.05) is 12.1 Å². The number of methoxy groups -OCH3 is 1. The number of nitrogens with one attached hydrogen (secondary N) is 1. The molecule has 0 radical (unpaired) electrons. The van der Waals surface area contributed by atoms with Crippen LogP contribution in [0.3, 0.4) is 0 Å². The van der Waals surface area contributed by atoms with Gasteiger partial charge in [-0.15, -0.1) is 0 Å². The van der Waals surface area contributed by atoms with Crippen LogP contribution in [0.25, 0.3) is 0 Å². The molecule has 4 N–H and O–H groups in total. The highest BCUT2D eigenvalue weighted by atomic mass is 16.5. The summed E-state index contributed by atoms with van der Waals surface area (Å²) in [5.74, 6) is 0.0808. The van der Waals surface area contributed by atoms with E-state index in [1.54, 1.807) is 36.4 Å². The molecule has 0 saturated carbocycles. The summed E-state index contributed by atoms with van der Waals surface area (Å²) < 4.78 is 4.94. The Hall–Kier alpha value is -2.53. The van der Waals surface area contributed by atoms with E-state index in [0.29, 0.717) is 23.5 Å². The lowest BCUT2D eigenvalue weighted by Gasteiger charge is -2.08. The normalized spacial score (nSPS) is 10.1. The van der Waals surface area contributed by atoms with Gasteiger partial charge in [0.1, 0.15) is 0 Å². The van der Waals surface area contributed by atoms with E-state index in [9.17, 15) is 9.90 Å². The van der Waals surface area contributed by atoms with Crippen molar-refractivity contribution in [1.82, 2.24) is 0 Å². The van der Waals surface area contributed by atoms with Crippen LogP contribution in [0.15, 0.2) is 42.5 Å². The SMILES string of the molecule is COc1ccc(NC(=O)c2ccc(CN)cc2)cc1O. The third kappa shape index (κ3) is 3.07. The molecule has 2 aromatic carbocycles. The number of carbonyl (C=O) groups is 1. The summed E-state index contributed by atoms with van der Waals surface area (Å²) >= 11 is 0. The zero-order chi connectivity index (χ0) is 14.5. The standard InChI is InChI=1S/C15H16N2O3/c1-20-14-7-6-12(8-13(14)18)17-15(19)11-4-2-10(9-16)3-5-11/h2-8,18H,9,16H2,1H3,(H,17,19). The van der Waals surface area contributed by atoms with Crippen LogP contribution in [-0.4, -0.2) is 18.1 Å². The summed E-state index contributed by atoms with van der Waals surface area (Å²) in [5.41, 5.74) is 7.49. The highest BCUT2D eigenvalue weighted by Crippen LogP contribution is 2.28. The fourth-order valence-electron chi connectivity index (χ4n) is 1.76. The Morgan fingerprint density at radius 1 is 1.25 bits per heavy atom. The maximum Gasteiger partial charge on any atom is 0.255 e. The smallest absolute Gasteiger partial charge is 0.255 e. The number of hydrogen-bond acceptors (Lipinski definition) is 4. The molecule has 0 unspecified atom stereocenters. The molecule has 0 saturated heterocycles. The molecule has 20 heavy (non-hydrogen) atoms. The van der Waals surface area contributed by atoms with Crippen LogP contribution in [0.1, 0.15) is 15.9 Å². The summed E-state index contributed by atoms with van der Waals surface area (Å²) in [6.07, 6.45) is 0. The van der Waals surface area contributed by atoms with E-state index in [4.69, 9.17) is 10.5 Å². The number of carbonyl (C=O) groups excluding carboxylic acids is 1. The number of hydrogen-bond donors (Lipinski definition) is 3. The number of aromatic hydroxyl groups is 1. The van der Waals surface area contributed by atoms with Crippen molar-refractivity contribution in [3.8, 4) is 11.5 Å². The second-order valence-corrected chi connectivity index (χ2v) is 4.24. The molecule has 1 amide bonds. The number of phenolic OH excluding ortho intramolecular Hbond substituents is 1. The Kier molecular flexibility index (Phi) is 4.22. The number of benzene rings is 2. The lowest BCUT2D eigenvalue weighted by molar-refractivity contribution is 0.102. The van der Waals surface area contributed by atoms with Gasteiger partial charge in [0.25, 0.3) is 5.91 Å². The first-order valence-electron chi connectivity index (χ1n) is 6.11. The van der Waals surface area contributed by atoms with Gasteiger partial charge in [-0.2, -0.15) is 0 Å². The first kappa shape index (κ1) is 13.9. The van der Waals surface area contributed by atoms with Gasteiger partial charge in [0.2, 0.25) is 0 Å². The lowest BCUT2D eigenvalue weighted by atomic mass is 10.1. The molecule has 0 spiro atoms. The molecule has 0 aromatic heterocycles. The van der Waals surface area contributed by atoms with Crippen LogP contribution >= 0.6 is 0 Å². The van der Waals surface area contributed by atoms with Crippen LogP contribution in [0.5, 0.6) is 11.5 Å². The predicted octanol–water partition coefficient (Wildman–Crippen LogP) is 2.11. The Labute approximate surface area is 117 Å². The molecule has 0 aliphatic heterocycles. The van der Waals surface area contributed by atoms with Crippen LogP contribution in [-0.2, 0) is 6.54 Å². The number of amides is 1. The van der Waals surface area contributed by atoms with E-state index in [-0.39, 0.29) is 11.7 Å². The second kappa shape index (κ2) is 6.08. The van der Waals surface area contributed by atoms with Gasteiger partial charge < -0.3 is 20.9 Å². The Balaban J connectivity index is 2.12. The summed E-state index contributed by atoms with van der Waals surface area (Å²) in [4.78, 5) is 12.0. The summed E-state index contributed by atoms with van der Waals surface area (Å²) in [5, 5.41) is 12.4. The number of nitrogens with two attached hydrogens (primary N) is 1. The fourth-order valence-corrected chi connectivity index (χ4v) is 1.76. The fraction of sp³-hybridized carbons (Fsp3) is 0.133. The van der Waals surface area contributed by atoms with E-state index < -0.39 is 0 Å². The highest BCUT2D eigenvalue weighted by Gasteiger charge is 2.08. The van der Waals surface area contributed by atoms with Gasteiger partial charge in [0.15, 0.2) is 11.5 Å². The lowest BCUT2D eigenvalue weighted by Crippen LogP contribution is -2.12. The number of ether oxygens (including phenoxy) is 1. The molecule has 5 heteroatoms. The maximum atomic E-state index is 12.0. The molecule has 0 aliphatic rings. The van der Waals surface area contributed by atoms with Gasteiger partial charge >= 0.3 is 0 Å². The van der Waals surface area contributed by atoms with Gasteiger partial charge in [0, 0.05) is 23.9 Å². The molecule has 5 nitrogen and oxygen atoms in total. The van der Waals surface area contributed by atoms with Gasteiger partial charge in [-0.25, -0.2) is 0 Å². The van der Waals surface area contributed by atoms with Crippen LogP contribution in [0, 0.1) is 0 Å². The highest BCUT2D eigenvalue weighted by molar-refractivity contribution is 6.04. The van der Waals surface area contributed by atoms with Crippen molar-refractivity contribution in [1.29, 1.82) is 0 Å². The van der Waals surface area contributed by atoms with E-state index in [1.165, 1.54) is 13.2 Å². The first-order valence-corrected chi connectivity index (χ1v) is 6.11. The molecule has 2 aromatic rings. The van der Waals surface area contributed by atoms with Crippen molar-refractivity contribution in [2.45, 2.75) is 6.54 Å². The van der Waals surface area contributed by atoms with Gasteiger partial charge in [0.05, 0.1) is 7.11 Å². The van der Waals surface area contributed by atoms with Gasteiger partial charge in [-0.05, 0) is 29.8 Å². The quantitative estimate of drug-likeness (QED) is 0.795. The van der Waals surface area contributed by atoms with Gasteiger partial charge in [-0.3, -0.25) is 4.79 Å². The minimum absolute atomic E-state index is 0.0243. The zero-order valence-electron chi connectivity index (χ0n) is 11.1. The van der Waals surface area contributed by atoms with Crippen molar-refractivity contribution < 1.29 is 14.6 Å². The van der Waals surface area contributed by atoms with Crippen molar-refractivity contribution in [3.63, 3.8) is 0 Å². The number of anilines is 1. The molecule has 0 bridgehead atoms. The third-order valence-corrected chi connectivity index (χ3v) is 2.89.